The molecule has 0 aliphatic carbocycles. The molecule has 1 rings (SSSR count). The average Bonchev–Trinajstić information content (AvgIpc) is 2.94. The van der Waals surface area contributed by atoms with E-state index in [9.17, 15) is 4.79 Å². The third-order valence-corrected chi connectivity index (χ3v) is 3.70. The van der Waals surface area contributed by atoms with Crippen LogP contribution in [0.1, 0.15) is 52.9 Å². The molecule has 0 amide bonds. The normalized spacial score (nSPS) is 14.1. The predicted molar refractivity (Wildman–Crippen MR) is 75.7 cm³/mol. The first-order valence-electron chi connectivity index (χ1n) is 7.21. The number of imidazole rings is 1. The number of aromatic nitrogens is 2. The summed E-state index contributed by atoms with van der Waals surface area (Å²) in [6.07, 6.45) is 10.2. The monoisotopic (exact) mass is 266 g/mol. The third kappa shape index (κ3) is 5.90. The van der Waals surface area contributed by atoms with E-state index in [2.05, 4.69) is 25.8 Å². The van der Waals surface area contributed by atoms with Gasteiger partial charge in [0.15, 0.2) is 0 Å². The lowest BCUT2D eigenvalue weighted by molar-refractivity contribution is -0.147. The largest absolute Gasteiger partial charge is 0.465 e. The van der Waals surface area contributed by atoms with Gasteiger partial charge >= 0.3 is 5.97 Å². The quantitative estimate of drug-likeness (QED) is 0.643. The van der Waals surface area contributed by atoms with Gasteiger partial charge < -0.3 is 9.30 Å². The van der Waals surface area contributed by atoms with Crippen molar-refractivity contribution < 1.29 is 9.53 Å². The molecule has 4 nitrogen and oxygen atoms in total. The van der Waals surface area contributed by atoms with Crippen LogP contribution in [-0.2, 0) is 16.1 Å². The molecule has 1 aromatic rings. The van der Waals surface area contributed by atoms with Crippen molar-refractivity contribution >= 4 is 5.97 Å². The van der Waals surface area contributed by atoms with Crippen LogP contribution in [0.2, 0.25) is 0 Å². The molecule has 108 valence electrons. The van der Waals surface area contributed by atoms with Crippen LogP contribution in [0.4, 0.5) is 0 Å². The number of carbonyl (C=O) groups is 1. The predicted octanol–water partition coefficient (Wildman–Crippen LogP) is 3.42. The van der Waals surface area contributed by atoms with Crippen LogP contribution in [0.15, 0.2) is 18.7 Å². The van der Waals surface area contributed by atoms with E-state index in [1.54, 1.807) is 12.5 Å². The highest BCUT2D eigenvalue weighted by Gasteiger charge is 2.23. The summed E-state index contributed by atoms with van der Waals surface area (Å²) in [5.74, 6) is -0.120. The number of ether oxygens (including phenoxy) is 1. The second-order valence-electron chi connectivity index (χ2n) is 5.48. The van der Waals surface area contributed by atoms with Crippen LogP contribution in [0.5, 0.6) is 0 Å². The van der Waals surface area contributed by atoms with E-state index >= 15 is 0 Å². The lowest BCUT2D eigenvalue weighted by Gasteiger charge is -2.27. The minimum Gasteiger partial charge on any atom is -0.465 e. The molecule has 0 radical (unpaired) electrons. The molecule has 1 unspecified atom stereocenters. The van der Waals surface area contributed by atoms with E-state index in [0.717, 1.165) is 12.8 Å². The van der Waals surface area contributed by atoms with E-state index in [-0.39, 0.29) is 11.4 Å². The molecule has 1 aromatic heterocycles. The molecule has 0 saturated carbocycles. The lowest BCUT2D eigenvalue weighted by atomic mass is 9.83. The number of unbranched alkanes of at least 4 members (excludes halogenated alkanes) is 1. The smallest absolute Gasteiger partial charge is 0.307 e. The van der Waals surface area contributed by atoms with E-state index in [4.69, 9.17) is 4.74 Å². The van der Waals surface area contributed by atoms with Gasteiger partial charge in [0.25, 0.3) is 0 Å². The zero-order valence-electron chi connectivity index (χ0n) is 12.4. The Morgan fingerprint density at radius 1 is 1.42 bits per heavy atom. The van der Waals surface area contributed by atoms with Crippen molar-refractivity contribution in [1.29, 1.82) is 0 Å². The summed E-state index contributed by atoms with van der Waals surface area (Å²) in [7, 11) is 0. The Morgan fingerprint density at radius 2 is 2.21 bits per heavy atom. The van der Waals surface area contributed by atoms with Crippen molar-refractivity contribution in [2.45, 2.75) is 59.4 Å². The molecule has 19 heavy (non-hydrogen) atoms. The molecule has 0 saturated heterocycles. The first kappa shape index (κ1) is 15.7. The van der Waals surface area contributed by atoms with Crippen LogP contribution in [0.25, 0.3) is 0 Å². The lowest BCUT2D eigenvalue weighted by Crippen LogP contribution is -2.25. The molecule has 0 bridgehead atoms. The van der Waals surface area contributed by atoms with Gasteiger partial charge in [-0.2, -0.15) is 0 Å². The Kier molecular flexibility index (Phi) is 6.60. The summed E-state index contributed by atoms with van der Waals surface area (Å²) >= 11 is 0. The summed E-state index contributed by atoms with van der Waals surface area (Å²) in [4.78, 5) is 15.7. The van der Waals surface area contributed by atoms with Crippen LogP contribution < -0.4 is 0 Å². The fraction of sp³-hybridized carbons (Fsp3) is 0.733. The van der Waals surface area contributed by atoms with Gasteiger partial charge in [-0.15, -0.1) is 0 Å². The van der Waals surface area contributed by atoms with Crippen molar-refractivity contribution in [2.75, 3.05) is 6.61 Å². The fourth-order valence-corrected chi connectivity index (χ4v) is 1.92. The minimum atomic E-state index is -0.120. The van der Waals surface area contributed by atoms with Crippen molar-refractivity contribution in [1.82, 2.24) is 9.55 Å². The highest BCUT2D eigenvalue weighted by Crippen LogP contribution is 2.28. The average molecular weight is 266 g/mol. The molecule has 0 aliphatic heterocycles. The van der Waals surface area contributed by atoms with Crippen LogP contribution >= 0.6 is 0 Å². The van der Waals surface area contributed by atoms with Gasteiger partial charge in [0, 0.05) is 24.4 Å². The summed E-state index contributed by atoms with van der Waals surface area (Å²) < 4.78 is 7.31. The molecule has 0 aliphatic rings. The minimum absolute atomic E-state index is 0.120. The van der Waals surface area contributed by atoms with E-state index in [0.29, 0.717) is 19.6 Å². The second kappa shape index (κ2) is 7.97. The van der Waals surface area contributed by atoms with Crippen LogP contribution in [0.3, 0.4) is 0 Å². The van der Waals surface area contributed by atoms with E-state index in [1.165, 1.54) is 12.8 Å². The highest BCUT2D eigenvalue weighted by atomic mass is 16.5. The molecule has 0 spiro atoms. The van der Waals surface area contributed by atoms with Gasteiger partial charge in [-0.1, -0.05) is 33.6 Å². The second-order valence-corrected chi connectivity index (χ2v) is 5.48. The first-order valence-corrected chi connectivity index (χ1v) is 7.21. The molecule has 4 heteroatoms. The molecular formula is C15H26N2O2. The Hall–Kier alpha value is -1.32. The summed E-state index contributed by atoms with van der Waals surface area (Å²) in [6.45, 7) is 7.72. The Balaban J connectivity index is 2.27. The van der Waals surface area contributed by atoms with Gasteiger partial charge in [0.1, 0.15) is 0 Å². The number of aryl methyl sites for hydroxylation is 1. The topological polar surface area (TPSA) is 44.1 Å². The Bertz CT molecular complexity index is 362. The van der Waals surface area contributed by atoms with Gasteiger partial charge in [-0.25, -0.2) is 4.98 Å². The number of nitrogens with zero attached hydrogens (tertiary/aromatic N) is 2. The van der Waals surface area contributed by atoms with E-state index in [1.807, 2.05) is 10.8 Å². The molecular weight excluding hydrogens is 240 g/mol. The molecule has 0 aromatic carbocycles. The number of esters is 1. The van der Waals surface area contributed by atoms with Gasteiger partial charge in [-0.3, -0.25) is 4.79 Å². The number of rotatable bonds is 9. The fourth-order valence-electron chi connectivity index (χ4n) is 1.92. The first-order chi connectivity index (χ1) is 9.09. The standard InChI is InChI=1S/C15H26N2O2/c1-4-6-8-15(3,5-2)12-19-14(18)7-10-17-11-9-16-13-17/h9,11,13H,4-8,10,12H2,1-3H3. The van der Waals surface area contributed by atoms with Crippen LogP contribution in [-0.4, -0.2) is 22.1 Å². The van der Waals surface area contributed by atoms with Crippen molar-refractivity contribution in [2.24, 2.45) is 5.41 Å². The Labute approximate surface area is 116 Å². The zero-order valence-corrected chi connectivity index (χ0v) is 12.4. The summed E-state index contributed by atoms with van der Waals surface area (Å²) in [5.41, 5.74) is 0.126. The van der Waals surface area contributed by atoms with Gasteiger partial charge in [0.2, 0.25) is 0 Å². The number of hydrogen-bond donors (Lipinski definition) is 0. The Morgan fingerprint density at radius 3 is 2.79 bits per heavy atom. The maximum atomic E-state index is 11.7. The molecule has 1 heterocycles. The molecule has 0 fully saturated rings. The van der Waals surface area contributed by atoms with Crippen molar-refractivity contribution in [3.05, 3.63) is 18.7 Å². The number of carbonyl (C=O) groups excluding carboxylic acids is 1. The molecule has 1 atom stereocenters. The maximum absolute atomic E-state index is 11.7. The summed E-state index contributed by atoms with van der Waals surface area (Å²) in [6, 6.07) is 0. The summed E-state index contributed by atoms with van der Waals surface area (Å²) in [5, 5.41) is 0. The number of hydrogen-bond acceptors (Lipinski definition) is 3. The molecule has 0 N–H and O–H groups in total. The SMILES string of the molecule is CCCCC(C)(CC)COC(=O)CCn1ccnc1. The third-order valence-electron chi connectivity index (χ3n) is 3.70. The highest BCUT2D eigenvalue weighted by molar-refractivity contribution is 5.69. The maximum Gasteiger partial charge on any atom is 0.307 e. The zero-order chi connectivity index (χ0) is 14.1. The van der Waals surface area contributed by atoms with Crippen molar-refractivity contribution in [3.63, 3.8) is 0 Å². The van der Waals surface area contributed by atoms with Gasteiger partial charge in [0.05, 0.1) is 19.4 Å². The van der Waals surface area contributed by atoms with Crippen LogP contribution in [0, 0.1) is 5.41 Å². The van der Waals surface area contributed by atoms with Gasteiger partial charge in [-0.05, 0) is 12.8 Å². The van der Waals surface area contributed by atoms with Crippen molar-refractivity contribution in [3.8, 4) is 0 Å². The van der Waals surface area contributed by atoms with E-state index < -0.39 is 0 Å².